The van der Waals surface area contributed by atoms with E-state index < -0.39 is 0 Å². The van der Waals surface area contributed by atoms with Gasteiger partial charge in [-0.25, -0.2) is 4.98 Å². The van der Waals surface area contributed by atoms with Crippen LogP contribution in [0.3, 0.4) is 0 Å². The van der Waals surface area contributed by atoms with Crippen molar-refractivity contribution in [2.24, 2.45) is 0 Å². The third kappa shape index (κ3) is 3.30. The van der Waals surface area contributed by atoms with Crippen molar-refractivity contribution in [1.29, 1.82) is 0 Å². The molecule has 4 aromatic heterocycles. The van der Waals surface area contributed by atoms with Gasteiger partial charge in [-0.2, -0.15) is 0 Å². The molecule has 0 amide bonds. The Kier molecular flexibility index (Phi) is 5.06. The number of benzene rings is 6. The summed E-state index contributed by atoms with van der Waals surface area (Å²) in [4.78, 5) is 6.57. The minimum absolute atomic E-state index is 0.192. The van der Waals surface area contributed by atoms with Crippen molar-refractivity contribution in [3.63, 3.8) is 0 Å². The first kappa shape index (κ1) is 26.4. The highest BCUT2D eigenvalue weighted by Crippen LogP contribution is 2.53. The number of rotatable bonds is 2. The van der Waals surface area contributed by atoms with E-state index in [2.05, 4.69) is 140 Å². The predicted octanol–water partition coefficient (Wildman–Crippen LogP) is 12.4. The third-order valence-corrected chi connectivity index (χ3v) is 11.8. The maximum absolute atomic E-state index is 6.51. The number of hydrogen-bond donors (Lipinski definition) is 0. The average Bonchev–Trinajstić information content (AvgIpc) is 3.79. The molecule has 0 radical (unpaired) electrons. The Morgan fingerprint density at radius 2 is 1.29 bits per heavy atom. The van der Waals surface area contributed by atoms with Crippen molar-refractivity contribution in [1.82, 2.24) is 9.55 Å². The summed E-state index contributed by atoms with van der Waals surface area (Å²) >= 11 is 1.89. The first-order valence-corrected chi connectivity index (χ1v) is 17.3. The molecule has 0 bridgehead atoms. The largest absolute Gasteiger partial charge is 0.455 e. The second kappa shape index (κ2) is 9.21. The maximum atomic E-state index is 6.51. The van der Waals surface area contributed by atoms with Gasteiger partial charge < -0.3 is 4.42 Å². The lowest BCUT2D eigenvalue weighted by atomic mass is 9.73. The summed E-state index contributed by atoms with van der Waals surface area (Å²) in [6.07, 6.45) is 0. The molecule has 11 rings (SSSR count). The van der Waals surface area contributed by atoms with Crippen LogP contribution < -0.4 is 0 Å². The Bertz CT molecular complexity index is 2990. The second-order valence-corrected chi connectivity index (χ2v) is 14.5. The smallest absolute Gasteiger partial charge is 0.144 e. The fourth-order valence-electron chi connectivity index (χ4n) is 8.39. The van der Waals surface area contributed by atoms with E-state index in [1.54, 1.807) is 0 Å². The van der Waals surface area contributed by atoms with E-state index >= 15 is 0 Å². The van der Waals surface area contributed by atoms with Gasteiger partial charge in [0.05, 0.1) is 22.4 Å². The van der Waals surface area contributed by atoms with Crippen LogP contribution in [-0.2, 0) is 5.41 Å². The zero-order chi connectivity index (χ0) is 31.7. The minimum atomic E-state index is -0.192. The molecule has 0 spiro atoms. The van der Waals surface area contributed by atoms with Crippen molar-refractivity contribution in [3.05, 3.63) is 145 Å². The van der Waals surface area contributed by atoms with Gasteiger partial charge in [-0.3, -0.25) is 4.57 Å². The van der Waals surface area contributed by atoms with Crippen LogP contribution in [0.2, 0.25) is 0 Å². The first-order chi connectivity index (χ1) is 23.6. The predicted molar refractivity (Wildman–Crippen MR) is 202 cm³/mol. The van der Waals surface area contributed by atoms with Crippen LogP contribution in [-0.4, -0.2) is 9.55 Å². The molecule has 10 aromatic rings. The topological polar surface area (TPSA) is 31.0 Å². The molecule has 0 atom stereocenters. The van der Waals surface area contributed by atoms with Crippen LogP contribution >= 0.6 is 11.3 Å². The van der Waals surface area contributed by atoms with Crippen molar-refractivity contribution < 1.29 is 4.42 Å². The number of nitrogens with zero attached hydrogens (tertiary/aromatic N) is 2. The number of pyridine rings is 1. The molecule has 0 saturated heterocycles. The number of fused-ring (bicyclic) bond motifs is 11. The van der Waals surface area contributed by atoms with Crippen LogP contribution in [0.5, 0.6) is 0 Å². The fourth-order valence-corrected chi connectivity index (χ4v) is 9.62. The lowest BCUT2D eigenvalue weighted by Gasteiger charge is -2.36. The van der Waals surface area contributed by atoms with E-state index in [0.717, 1.165) is 44.1 Å². The highest BCUT2D eigenvalue weighted by molar-refractivity contribution is 7.25. The molecule has 1 aliphatic rings. The van der Waals surface area contributed by atoms with Gasteiger partial charge in [0, 0.05) is 53.6 Å². The zero-order valence-electron chi connectivity index (χ0n) is 26.4. The van der Waals surface area contributed by atoms with E-state index in [9.17, 15) is 0 Å². The summed E-state index contributed by atoms with van der Waals surface area (Å²) in [5.74, 6) is 0. The second-order valence-electron chi connectivity index (χ2n) is 13.5. The summed E-state index contributed by atoms with van der Waals surface area (Å²) in [7, 11) is 0. The lowest BCUT2D eigenvalue weighted by molar-refractivity contribution is 0.631. The van der Waals surface area contributed by atoms with Gasteiger partial charge in [0.25, 0.3) is 0 Å². The molecule has 0 aliphatic carbocycles. The van der Waals surface area contributed by atoms with Crippen molar-refractivity contribution in [2.75, 3.05) is 0 Å². The molecule has 1 aliphatic heterocycles. The highest BCUT2D eigenvalue weighted by atomic mass is 32.1. The average molecular weight is 633 g/mol. The lowest BCUT2D eigenvalue weighted by Crippen LogP contribution is -2.26. The van der Waals surface area contributed by atoms with Crippen LogP contribution in [0, 0.1) is 0 Å². The monoisotopic (exact) mass is 632 g/mol. The van der Waals surface area contributed by atoms with Crippen LogP contribution in [0.4, 0.5) is 0 Å². The van der Waals surface area contributed by atoms with Crippen molar-refractivity contribution in [3.8, 4) is 28.1 Å². The molecule has 0 fully saturated rings. The minimum Gasteiger partial charge on any atom is -0.455 e. The van der Waals surface area contributed by atoms with Crippen molar-refractivity contribution in [2.45, 2.75) is 19.3 Å². The van der Waals surface area contributed by atoms with Crippen molar-refractivity contribution >= 4 is 75.4 Å². The molecule has 48 heavy (non-hydrogen) atoms. The molecule has 0 N–H and O–H groups in total. The third-order valence-electron chi connectivity index (χ3n) is 10.6. The van der Waals surface area contributed by atoms with E-state index in [1.165, 1.54) is 59.1 Å². The fraction of sp³-hybridized carbons (Fsp3) is 0.0682. The molecule has 5 heterocycles. The van der Waals surface area contributed by atoms with E-state index in [0.29, 0.717) is 0 Å². The van der Waals surface area contributed by atoms with Gasteiger partial charge in [0.15, 0.2) is 0 Å². The summed E-state index contributed by atoms with van der Waals surface area (Å²) < 4.78 is 10.4. The van der Waals surface area contributed by atoms with Gasteiger partial charge in [0.2, 0.25) is 0 Å². The standard InChI is InChI=1S/C44H28N2OS/c1-44(2)33-19-10-15-27(40(33)46-41-31(18-11-20-34(41)44)39-30-14-5-8-23-38(30)48-43(39)46)32-24-36(45-35-21-6-3-12-25(32)35)29-17-9-16-28-26-13-4-7-22-37(26)47-42(28)29/h3-24H,1-2H3. The molecule has 0 unspecified atom stereocenters. The molecule has 3 nitrogen and oxygen atoms in total. The Balaban J connectivity index is 1.27. The quantitative estimate of drug-likeness (QED) is 0.190. The summed E-state index contributed by atoms with van der Waals surface area (Å²) in [5.41, 5.74) is 12.1. The number of para-hydroxylation sites is 5. The Morgan fingerprint density at radius 3 is 2.21 bits per heavy atom. The summed E-state index contributed by atoms with van der Waals surface area (Å²) in [6, 6.07) is 48.1. The molecule has 6 aromatic carbocycles. The molecule has 4 heteroatoms. The summed E-state index contributed by atoms with van der Waals surface area (Å²) in [6.45, 7) is 4.76. The van der Waals surface area contributed by atoms with Gasteiger partial charge in [-0.05, 0) is 47.0 Å². The van der Waals surface area contributed by atoms with Gasteiger partial charge >= 0.3 is 0 Å². The van der Waals surface area contributed by atoms with Gasteiger partial charge in [0.1, 0.15) is 16.0 Å². The van der Waals surface area contributed by atoms with E-state index in [1.807, 2.05) is 23.5 Å². The van der Waals surface area contributed by atoms with E-state index in [4.69, 9.17) is 9.40 Å². The SMILES string of the molecule is CC1(C)c2cccc(-c3cc(-c4cccc5c4oc4ccccc45)nc4ccccc34)c2-n2c3sc4ccccc4c3c3cccc1c32. The normalized spacial score (nSPS) is 13.8. The van der Waals surface area contributed by atoms with E-state index in [-0.39, 0.29) is 5.41 Å². The van der Waals surface area contributed by atoms with Gasteiger partial charge in [-0.15, -0.1) is 11.3 Å². The number of hydrogen-bond acceptors (Lipinski definition) is 3. The Labute approximate surface area is 280 Å². The summed E-state index contributed by atoms with van der Waals surface area (Å²) in [5, 5.41) is 7.37. The van der Waals surface area contributed by atoms with Crippen LogP contribution in [0.1, 0.15) is 25.0 Å². The first-order valence-electron chi connectivity index (χ1n) is 16.5. The Hall–Kier alpha value is -5.71. The van der Waals surface area contributed by atoms with Crippen LogP contribution in [0.15, 0.2) is 138 Å². The molecular formula is C44H28N2OS. The zero-order valence-corrected chi connectivity index (χ0v) is 27.2. The van der Waals surface area contributed by atoms with Gasteiger partial charge in [-0.1, -0.05) is 117 Å². The highest BCUT2D eigenvalue weighted by Gasteiger charge is 2.37. The number of aromatic nitrogens is 2. The number of thiophene rings is 1. The number of furan rings is 1. The molecule has 0 saturated carbocycles. The molecular weight excluding hydrogens is 605 g/mol. The van der Waals surface area contributed by atoms with Crippen LogP contribution in [0.25, 0.3) is 92.1 Å². The Morgan fingerprint density at radius 1 is 0.604 bits per heavy atom. The molecule has 226 valence electrons. The maximum Gasteiger partial charge on any atom is 0.144 e.